The van der Waals surface area contributed by atoms with Gasteiger partial charge in [0.1, 0.15) is 0 Å². The molecule has 0 spiro atoms. The Labute approximate surface area is 189 Å². The summed E-state index contributed by atoms with van der Waals surface area (Å²) < 4.78 is 0. The Kier molecular flexibility index (Phi) is 4.78. The molecule has 6 rings (SSSR count). The van der Waals surface area contributed by atoms with Gasteiger partial charge >= 0.3 is 0 Å². The van der Waals surface area contributed by atoms with Crippen LogP contribution in [0.1, 0.15) is 31.4 Å². The highest BCUT2D eigenvalue weighted by molar-refractivity contribution is 5.83. The molecule has 4 aromatic rings. The number of benzene rings is 1. The molecule has 0 aliphatic carbocycles. The summed E-state index contributed by atoms with van der Waals surface area (Å²) in [5.74, 6) is 0.882. The zero-order valence-electron chi connectivity index (χ0n) is 18.1. The number of nitrogens with zero attached hydrogens (tertiary/aromatic N) is 6. The number of hydrogen-bond acceptors (Lipinski definition) is 7. The Bertz CT molecular complexity index is 1380. The summed E-state index contributed by atoms with van der Waals surface area (Å²) in [7, 11) is 0. The van der Waals surface area contributed by atoms with Gasteiger partial charge in [-0.05, 0) is 31.7 Å². The minimum atomic E-state index is -0.185. The molecule has 2 aliphatic heterocycles. The first-order valence-corrected chi connectivity index (χ1v) is 11.4. The number of H-pyrrole nitrogens is 2. The fourth-order valence-corrected chi connectivity index (χ4v) is 5.25. The maximum Gasteiger partial charge on any atom is 0.272 e. The number of fused-ring (bicyclic) bond motifs is 4. The van der Waals surface area contributed by atoms with E-state index in [0.717, 1.165) is 48.0 Å². The molecule has 2 fully saturated rings. The van der Waals surface area contributed by atoms with Crippen LogP contribution in [0.25, 0.3) is 21.8 Å². The van der Waals surface area contributed by atoms with Crippen molar-refractivity contribution in [1.82, 2.24) is 35.3 Å². The van der Waals surface area contributed by atoms with Crippen LogP contribution in [0.3, 0.4) is 0 Å². The third kappa shape index (κ3) is 3.51. The topological polar surface area (TPSA) is 124 Å². The van der Waals surface area contributed by atoms with Gasteiger partial charge in [-0.2, -0.15) is 15.2 Å². The zero-order valence-corrected chi connectivity index (χ0v) is 18.1. The number of piperazine rings is 1. The van der Waals surface area contributed by atoms with Crippen molar-refractivity contribution in [2.75, 3.05) is 18.0 Å². The lowest BCUT2D eigenvalue weighted by Crippen LogP contribution is -2.56. The van der Waals surface area contributed by atoms with Gasteiger partial charge in [0.25, 0.3) is 5.56 Å². The highest BCUT2D eigenvalue weighted by atomic mass is 16.2. The number of aromatic nitrogens is 6. The summed E-state index contributed by atoms with van der Waals surface area (Å²) >= 11 is 0. The van der Waals surface area contributed by atoms with E-state index in [1.807, 2.05) is 18.2 Å². The van der Waals surface area contributed by atoms with Crippen LogP contribution >= 0.6 is 0 Å². The Balaban J connectivity index is 1.11. The minimum absolute atomic E-state index is 0.185. The molecule has 2 N–H and O–H groups in total. The van der Waals surface area contributed by atoms with Crippen LogP contribution in [0.5, 0.6) is 0 Å². The number of aryl methyl sites for hydroxylation is 1. The van der Waals surface area contributed by atoms with Gasteiger partial charge in [-0.1, -0.05) is 18.2 Å². The second-order valence-corrected chi connectivity index (χ2v) is 8.83. The average Bonchev–Trinajstić information content (AvgIpc) is 3.41. The Morgan fingerprint density at radius 1 is 1.06 bits per heavy atom. The summed E-state index contributed by atoms with van der Waals surface area (Å²) in [6, 6.07) is 7.84. The van der Waals surface area contributed by atoms with E-state index in [2.05, 4.69) is 40.2 Å². The lowest BCUT2D eigenvalue weighted by Gasteiger charge is -2.41. The van der Waals surface area contributed by atoms with E-state index < -0.39 is 0 Å². The molecule has 0 saturated carbocycles. The molecule has 3 aromatic heterocycles. The second-order valence-electron chi connectivity index (χ2n) is 8.83. The van der Waals surface area contributed by atoms with E-state index in [1.165, 1.54) is 0 Å². The highest BCUT2D eigenvalue weighted by Gasteiger charge is 2.42. The largest absolute Gasteiger partial charge is 0.337 e. The van der Waals surface area contributed by atoms with E-state index in [9.17, 15) is 9.59 Å². The van der Waals surface area contributed by atoms with Crippen LogP contribution in [0.4, 0.5) is 5.95 Å². The van der Waals surface area contributed by atoms with Crippen LogP contribution in [-0.4, -0.2) is 66.3 Å². The summed E-state index contributed by atoms with van der Waals surface area (Å²) in [6.07, 6.45) is 7.33. The monoisotopic (exact) mass is 444 g/mol. The molecule has 1 amide bonds. The molecule has 2 saturated heterocycles. The lowest BCUT2D eigenvalue weighted by molar-refractivity contribution is -0.134. The van der Waals surface area contributed by atoms with Gasteiger partial charge in [0.05, 0.1) is 22.7 Å². The van der Waals surface area contributed by atoms with E-state index in [-0.39, 0.29) is 23.6 Å². The van der Waals surface area contributed by atoms with Gasteiger partial charge in [-0.3, -0.25) is 14.7 Å². The Morgan fingerprint density at radius 2 is 1.85 bits per heavy atom. The molecule has 2 aliphatic rings. The molecule has 0 radical (unpaired) electrons. The van der Waals surface area contributed by atoms with E-state index in [4.69, 9.17) is 0 Å². The average molecular weight is 444 g/mol. The van der Waals surface area contributed by atoms with Crippen LogP contribution < -0.4 is 10.5 Å². The number of carbonyl (C=O) groups is 1. The highest BCUT2D eigenvalue weighted by Crippen LogP contribution is 2.32. The van der Waals surface area contributed by atoms with Gasteiger partial charge in [0, 0.05) is 43.2 Å². The second kappa shape index (κ2) is 7.95. The number of aromatic amines is 2. The summed E-state index contributed by atoms with van der Waals surface area (Å²) in [4.78, 5) is 38.5. The number of anilines is 1. The van der Waals surface area contributed by atoms with Crippen molar-refractivity contribution in [1.29, 1.82) is 0 Å². The number of carbonyl (C=O) groups excluding carboxylic acids is 1. The van der Waals surface area contributed by atoms with Crippen molar-refractivity contribution in [3.63, 3.8) is 0 Å². The lowest BCUT2D eigenvalue weighted by atomic mass is 10.1. The van der Waals surface area contributed by atoms with Gasteiger partial charge in [-0.25, -0.2) is 10.1 Å². The van der Waals surface area contributed by atoms with Gasteiger partial charge in [-0.15, -0.1) is 0 Å². The summed E-state index contributed by atoms with van der Waals surface area (Å²) in [5, 5.41) is 16.1. The molecule has 1 aromatic carbocycles. The molecule has 33 heavy (non-hydrogen) atoms. The van der Waals surface area contributed by atoms with Gasteiger partial charge < -0.3 is 9.80 Å². The van der Waals surface area contributed by atoms with Crippen LogP contribution in [0.15, 0.2) is 41.5 Å². The zero-order chi connectivity index (χ0) is 22.4. The van der Waals surface area contributed by atoms with Gasteiger partial charge in [0.15, 0.2) is 5.65 Å². The van der Waals surface area contributed by atoms with Crippen molar-refractivity contribution in [3.8, 4) is 0 Å². The normalized spacial score (nSPS) is 20.1. The fourth-order valence-electron chi connectivity index (χ4n) is 5.25. The predicted octanol–water partition coefficient (Wildman–Crippen LogP) is 1.79. The first-order chi connectivity index (χ1) is 16.2. The Morgan fingerprint density at radius 3 is 2.67 bits per heavy atom. The molecule has 10 nitrogen and oxygen atoms in total. The van der Waals surface area contributed by atoms with Gasteiger partial charge in [0.2, 0.25) is 11.9 Å². The van der Waals surface area contributed by atoms with Crippen molar-refractivity contribution < 1.29 is 4.79 Å². The molecule has 2 bridgehead atoms. The standard InChI is InChI=1S/C23H24N8O2/c32-20(7-3-6-19-17-4-1-2-5-18(17)22(33)29-27-19)31-15-8-9-16(31)13-30(12-15)23-24-10-14-11-25-28-21(14)26-23/h1-2,4-5,10-11,15-16H,3,6-9,12-13H2,(H,29,33)(H,24,25,26,28). The number of hydrogen-bond donors (Lipinski definition) is 2. The quantitative estimate of drug-likeness (QED) is 0.481. The first-order valence-electron chi connectivity index (χ1n) is 11.4. The molecule has 168 valence electrons. The van der Waals surface area contributed by atoms with E-state index in [1.54, 1.807) is 18.5 Å². The summed E-state index contributed by atoms with van der Waals surface area (Å²) in [6.45, 7) is 1.49. The SMILES string of the molecule is O=C(CCCc1n[nH]c(=O)c2ccccc12)N1C2CCC1CN(c1ncc3cn[nH]c3n1)C2. The maximum absolute atomic E-state index is 13.1. The number of amides is 1. The van der Waals surface area contributed by atoms with Crippen LogP contribution in [0, 0.1) is 0 Å². The number of nitrogens with one attached hydrogen (secondary N) is 2. The molecule has 2 atom stereocenters. The van der Waals surface area contributed by atoms with Crippen molar-refractivity contribution in [2.24, 2.45) is 0 Å². The molecule has 2 unspecified atom stereocenters. The first kappa shape index (κ1) is 19.8. The smallest absolute Gasteiger partial charge is 0.272 e. The fraction of sp³-hybridized carbons (Fsp3) is 0.391. The minimum Gasteiger partial charge on any atom is -0.337 e. The molecular formula is C23H24N8O2. The molecule has 10 heteroatoms. The predicted molar refractivity (Wildman–Crippen MR) is 123 cm³/mol. The Hall–Kier alpha value is -3.82. The van der Waals surface area contributed by atoms with E-state index in [0.29, 0.717) is 30.6 Å². The third-order valence-corrected chi connectivity index (χ3v) is 6.81. The third-order valence-electron chi connectivity index (χ3n) is 6.81. The van der Waals surface area contributed by atoms with Crippen LogP contribution in [-0.2, 0) is 11.2 Å². The molecular weight excluding hydrogens is 420 g/mol. The molecule has 5 heterocycles. The van der Waals surface area contributed by atoms with Crippen LogP contribution in [0.2, 0.25) is 0 Å². The summed E-state index contributed by atoms with van der Waals surface area (Å²) in [5.41, 5.74) is 1.38. The van der Waals surface area contributed by atoms with Crippen molar-refractivity contribution in [2.45, 2.75) is 44.2 Å². The van der Waals surface area contributed by atoms with E-state index >= 15 is 0 Å². The maximum atomic E-state index is 13.1. The van der Waals surface area contributed by atoms with Crippen molar-refractivity contribution >= 4 is 33.7 Å². The van der Waals surface area contributed by atoms with Crippen molar-refractivity contribution in [3.05, 3.63) is 52.7 Å². The number of rotatable bonds is 5.